The van der Waals surface area contributed by atoms with E-state index in [1.54, 1.807) is 20.9 Å². The lowest BCUT2D eigenvalue weighted by Crippen LogP contribution is -2.37. The molecule has 0 amide bonds. The van der Waals surface area contributed by atoms with Crippen molar-refractivity contribution in [1.29, 1.82) is 0 Å². The van der Waals surface area contributed by atoms with Gasteiger partial charge >= 0.3 is 5.97 Å². The first-order chi connectivity index (χ1) is 6.06. The predicted octanol–water partition coefficient (Wildman–Crippen LogP) is 0.515. The van der Waals surface area contributed by atoms with Gasteiger partial charge < -0.3 is 9.84 Å². The second-order valence-electron chi connectivity index (χ2n) is 3.03. The molecule has 0 aromatic carbocycles. The number of allylic oxidation sites excluding steroid dienone is 1. The van der Waals surface area contributed by atoms with Crippen LogP contribution in [0.1, 0.15) is 13.8 Å². The molecule has 0 saturated heterocycles. The molecule has 1 N–H and O–H groups in total. The Morgan fingerprint density at radius 3 is 2.77 bits per heavy atom. The van der Waals surface area contributed by atoms with Crippen LogP contribution >= 0.6 is 0 Å². The molecule has 1 aliphatic rings. The zero-order valence-corrected chi connectivity index (χ0v) is 7.94. The number of hydrogen-bond acceptors (Lipinski definition) is 4. The lowest BCUT2D eigenvalue weighted by molar-refractivity contribution is -0.145. The first kappa shape index (κ1) is 9.92. The SMILES string of the molecule is CN=C(C)C1C(=O)OC(C)=CC1O. The number of hydrogen-bond donors (Lipinski definition) is 1. The summed E-state index contributed by atoms with van der Waals surface area (Å²) in [5, 5.41) is 9.55. The molecule has 2 unspecified atom stereocenters. The minimum Gasteiger partial charge on any atom is -0.431 e. The van der Waals surface area contributed by atoms with Crippen LogP contribution in [0.15, 0.2) is 16.8 Å². The summed E-state index contributed by atoms with van der Waals surface area (Å²) in [6.07, 6.45) is 0.700. The summed E-state index contributed by atoms with van der Waals surface area (Å²) in [4.78, 5) is 15.2. The van der Waals surface area contributed by atoms with Crippen LogP contribution < -0.4 is 0 Å². The highest BCUT2D eigenvalue weighted by molar-refractivity contribution is 6.02. The Bertz CT molecular complexity index is 281. The highest BCUT2D eigenvalue weighted by Crippen LogP contribution is 2.19. The number of carbonyl (C=O) groups excluding carboxylic acids is 1. The zero-order chi connectivity index (χ0) is 10.0. The lowest BCUT2D eigenvalue weighted by atomic mass is 9.95. The van der Waals surface area contributed by atoms with Crippen LogP contribution in [0.4, 0.5) is 0 Å². The van der Waals surface area contributed by atoms with Crippen molar-refractivity contribution in [2.24, 2.45) is 10.9 Å². The smallest absolute Gasteiger partial charge is 0.322 e. The van der Waals surface area contributed by atoms with Crippen molar-refractivity contribution in [3.63, 3.8) is 0 Å². The van der Waals surface area contributed by atoms with E-state index in [9.17, 15) is 9.90 Å². The molecule has 72 valence electrons. The third-order valence-corrected chi connectivity index (χ3v) is 2.07. The number of cyclic esters (lactones) is 1. The van der Waals surface area contributed by atoms with Gasteiger partial charge in [-0.25, -0.2) is 0 Å². The summed E-state index contributed by atoms with van der Waals surface area (Å²) in [7, 11) is 1.58. The van der Waals surface area contributed by atoms with Gasteiger partial charge in [-0.1, -0.05) is 0 Å². The number of aliphatic hydroxyl groups excluding tert-OH is 1. The summed E-state index contributed by atoms with van der Waals surface area (Å²) >= 11 is 0. The molecule has 0 spiro atoms. The fourth-order valence-corrected chi connectivity index (χ4v) is 1.29. The van der Waals surface area contributed by atoms with E-state index in [-0.39, 0.29) is 0 Å². The molecule has 2 atom stereocenters. The largest absolute Gasteiger partial charge is 0.431 e. The van der Waals surface area contributed by atoms with Crippen molar-refractivity contribution >= 4 is 11.7 Å². The minimum absolute atomic E-state index is 0.435. The molecular formula is C9H13NO3. The third-order valence-electron chi connectivity index (χ3n) is 2.07. The second kappa shape index (κ2) is 3.70. The lowest BCUT2D eigenvalue weighted by Gasteiger charge is -2.23. The van der Waals surface area contributed by atoms with Crippen LogP contribution in [0, 0.1) is 5.92 Å². The Morgan fingerprint density at radius 1 is 1.69 bits per heavy atom. The summed E-state index contributed by atoms with van der Waals surface area (Å²) in [5.74, 6) is -0.637. The van der Waals surface area contributed by atoms with Gasteiger partial charge in [0.05, 0.1) is 6.10 Å². The van der Waals surface area contributed by atoms with Gasteiger partial charge in [0, 0.05) is 12.8 Å². The van der Waals surface area contributed by atoms with Gasteiger partial charge in [-0.05, 0) is 19.9 Å². The van der Waals surface area contributed by atoms with Gasteiger partial charge in [-0.2, -0.15) is 0 Å². The standard InChI is InChI=1S/C9H13NO3/c1-5-4-7(11)8(6(2)10-3)9(12)13-5/h4,7-8,11H,1-3H3. The third kappa shape index (κ3) is 1.95. The zero-order valence-electron chi connectivity index (χ0n) is 7.94. The van der Waals surface area contributed by atoms with E-state index < -0.39 is 18.0 Å². The molecule has 0 fully saturated rings. The molecule has 1 heterocycles. The quantitative estimate of drug-likeness (QED) is 0.476. The highest BCUT2D eigenvalue weighted by Gasteiger charge is 2.33. The highest BCUT2D eigenvalue weighted by atomic mass is 16.5. The maximum Gasteiger partial charge on any atom is 0.322 e. The number of esters is 1. The first-order valence-corrected chi connectivity index (χ1v) is 4.07. The van der Waals surface area contributed by atoms with Gasteiger partial charge in [-0.15, -0.1) is 0 Å². The Labute approximate surface area is 76.9 Å². The molecule has 1 aliphatic heterocycles. The average molecular weight is 183 g/mol. The summed E-state index contributed by atoms with van der Waals surface area (Å²) in [5.41, 5.74) is 0.584. The van der Waals surface area contributed by atoms with Crippen LogP contribution in [0.3, 0.4) is 0 Å². The van der Waals surface area contributed by atoms with Gasteiger partial charge in [0.1, 0.15) is 11.7 Å². The minimum atomic E-state index is -0.815. The summed E-state index contributed by atoms with van der Waals surface area (Å²) in [6.45, 7) is 3.33. The van der Waals surface area contributed by atoms with Gasteiger partial charge in [0.15, 0.2) is 0 Å². The van der Waals surface area contributed by atoms with Crippen molar-refractivity contribution in [3.05, 3.63) is 11.8 Å². The van der Waals surface area contributed by atoms with Crippen LogP contribution in [-0.4, -0.2) is 29.9 Å². The van der Waals surface area contributed by atoms with Crippen molar-refractivity contribution in [2.45, 2.75) is 20.0 Å². The number of carbonyl (C=O) groups is 1. The Hall–Kier alpha value is -1.16. The van der Waals surface area contributed by atoms with E-state index in [4.69, 9.17) is 4.74 Å². The molecule has 0 aromatic heterocycles. The van der Waals surface area contributed by atoms with E-state index in [2.05, 4.69) is 4.99 Å². The van der Waals surface area contributed by atoms with E-state index in [1.165, 1.54) is 6.08 Å². The number of aliphatic hydroxyl groups is 1. The fourth-order valence-electron chi connectivity index (χ4n) is 1.29. The van der Waals surface area contributed by atoms with Crippen molar-refractivity contribution in [2.75, 3.05) is 7.05 Å². The topological polar surface area (TPSA) is 58.9 Å². The molecule has 4 nitrogen and oxygen atoms in total. The van der Waals surface area contributed by atoms with Gasteiger partial charge in [0.25, 0.3) is 0 Å². The Morgan fingerprint density at radius 2 is 2.31 bits per heavy atom. The maximum absolute atomic E-state index is 11.3. The van der Waals surface area contributed by atoms with Crippen LogP contribution in [-0.2, 0) is 9.53 Å². The first-order valence-electron chi connectivity index (χ1n) is 4.07. The second-order valence-corrected chi connectivity index (χ2v) is 3.03. The monoisotopic (exact) mass is 183 g/mol. The van der Waals surface area contributed by atoms with Crippen LogP contribution in [0.25, 0.3) is 0 Å². The van der Waals surface area contributed by atoms with E-state index >= 15 is 0 Å². The van der Waals surface area contributed by atoms with E-state index in [1.807, 2.05) is 0 Å². The molecule has 0 aromatic rings. The molecule has 13 heavy (non-hydrogen) atoms. The molecule has 0 radical (unpaired) electrons. The summed E-state index contributed by atoms with van der Waals surface area (Å²) < 4.78 is 4.87. The average Bonchev–Trinajstić information content (AvgIpc) is 2.02. The number of aliphatic imine (C=N–C) groups is 1. The number of nitrogens with zero attached hydrogens (tertiary/aromatic N) is 1. The predicted molar refractivity (Wildman–Crippen MR) is 48.4 cm³/mol. The summed E-state index contributed by atoms with van der Waals surface area (Å²) in [6, 6.07) is 0. The van der Waals surface area contributed by atoms with Gasteiger partial charge in [-0.3, -0.25) is 9.79 Å². The molecular weight excluding hydrogens is 170 g/mol. The van der Waals surface area contributed by atoms with Crippen molar-refractivity contribution < 1.29 is 14.6 Å². The number of ether oxygens (including phenoxy) is 1. The molecule has 0 aliphatic carbocycles. The fraction of sp³-hybridized carbons (Fsp3) is 0.556. The Balaban J connectivity index is 2.93. The molecule has 1 rings (SSSR count). The van der Waals surface area contributed by atoms with Crippen LogP contribution in [0.5, 0.6) is 0 Å². The molecule has 0 bridgehead atoms. The van der Waals surface area contributed by atoms with Crippen molar-refractivity contribution in [1.82, 2.24) is 0 Å². The van der Waals surface area contributed by atoms with E-state index in [0.29, 0.717) is 11.5 Å². The normalized spacial score (nSPS) is 29.7. The maximum atomic E-state index is 11.3. The molecule has 4 heteroatoms. The van der Waals surface area contributed by atoms with E-state index in [0.717, 1.165) is 0 Å². The molecule has 0 saturated carbocycles. The van der Waals surface area contributed by atoms with Crippen molar-refractivity contribution in [3.8, 4) is 0 Å². The Kier molecular flexibility index (Phi) is 2.83. The number of rotatable bonds is 1. The van der Waals surface area contributed by atoms with Crippen LogP contribution in [0.2, 0.25) is 0 Å². The van der Waals surface area contributed by atoms with Gasteiger partial charge in [0.2, 0.25) is 0 Å².